The summed E-state index contributed by atoms with van der Waals surface area (Å²) < 4.78 is 0. The van der Waals surface area contributed by atoms with E-state index in [9.17, 15) is 5.11 Å². The summed E-state index contributed by atoms with van der Waals surface area (Å²) in [6, 6.07) is 7.49. The topological polar surface area (TPSA) is 62.0 Å². The fourth-order valence-corrected chi connectivity index (χ4v) is 1.80. The molecule has 0 saturated heterocycles. The van der Waals surface area contributed by atoms with E-state index in [2.05, 4.69) is 4.98 Å². The molecule has 0 bridgehead atoms. The number of nitrogens with two attached hydrogens (primary N) is 1. The summed E-state index contributed by atoms with van der Waals surface area (Å²) in [6.07, 6.45) is 0.0294. The van der Waals surface area contributed by atoms with E-state index in [4.69, 9.17) is 17.3 Å². The van der Waals surface area contributed by atoms with E-state index in [1.54, 1.807) is 0 Å². The Morgan fingerprint density at radius 1 is 1.40 bits per heavy atom. The van der Waals surface area contributed by atoms with E-state index in [1.165, 1.54) is 0 Å². The number of aliphatic hydroxyl groups is 1. The third-order valence-electron chi connectivity index (χ3n) is 2.40. The molecule has 0 fully saturated rings. The maximum absolute atomic E-state index is 9.75. The Morgan fingerprint density at radius 3 is 2.93 bits per heavy atom. The zero-order valence-electron chi connectivity index (χ0n) is 8.20. The first-order valence-corrected chi connectivity index (χ1v) is 5.25. The minimum atomic E-state index is -0.527. The van der Waals surface area contributed by atoms with Crippen molar-refractivity contribution < 1.29 is 5.11 Å². The molecule has 0 aliphatic heterocycles. The van der Waals surface area contributed by atoms with Gasteiger partial charge >= 0.3 is 0 Å². The second kappa shape index (κ2) is 4.23. The van der Waals surface area contributed by atoms with Crippen molar-refractivity contribution in [2.45, 2.75) is 12.5 Å². The average molecular weight is 225 g/mol. The molecule has 1 atom stereocenters. The molecule has 1 aromatic carbocycles. The number of rotatable bonds is 3. The van der Waals surface area contributed by atoms with Gasteiger partial charge in [0.25, 0.3) is 0 Å². The van der Waals surface area contributed by atoms with Crippen molar-refractivity contribution in [2.24, 2.45) is 5.73 Å². The second-order valence-corrected chi connectivity index (χ2v) is 3.99. The molecule has 0 radical (unpaired) electrons. The lowest BCUT2D eigenvalue weighted by molar-refractivity contribution is 0.166. The molecule has 15 heavy (non-hydrogen) atoms. The van der Waals surface area contributed by atoms with Gasteiger partial charge in [-0.15, -0.1) is 0 Å². The fraction of sp³-hybridized carbons (Fsp3) is 0.273. The quantitative estimate of drug-likeness (QED) is 0.749. The van der Waals surface area contributed by atoms with E-state index in [0.29, 0.717) is 18.0 Å². The van der Waals surface area contributed by atoms with Gasteiger partial charge in [-0.3, -0.25) is 0 Å². The van der Waals surface area contributed by atoms with Crippen LogP contribution in [0.3, 0.4) is 0 Å². The van der Waals surface area contributed by atoms with Crippen LogP contribution in [0.2, 0.25) is 5.02 Å². The van der Waals surface area contributed by atoms with Crippen molar-refractivity contribution in [3.05, 3.63) is 35.0 Å². The number of aromatic nitrogens is 1. The highest BCUT2D eigenvalue weighted by atomic mass is 35.5. The van der Waals surface area contributed by atoms with Crippen LogP contribution >= 0.6 is 11.6 Å². The van der Waals surface area contributed by atoms with Gasteiger partial charge in [0.2, 0.25) is 0 Å². The van der Waals surface area contributed by atoms with Crippen molar-refractivity contribution in [1.82, 2.24) is 4.98 Å². The number of nitrogens with one attached hydrogen (secondary N) is 1. The van der Waals surface area contributed by atoms with Crippen LogP contribution < -0.4 is 5.73 Å². The van der Waals surface area contributed by atoms with E-state index < -0.39 is 6.10 Å². The highest BCUT2D eigenvalue weighted by Crippen LogP contribution is 2.24. The number of benzene rings is 1. The Morgan fingerprint density at radius 2 is 2.20 bits per heavy atom. The molecular weight excluding hydrogens is 212 g/mol. The molecule has 0 spiro atoms. The molecule has 1 heterocycles. The standard InChI is InChI=1S/C11H13ClN2O/c12-8-1-2-9-7(5-8)6-10(14-9)11(15)3-4-13/h1-2,5-6,11,14-15H,3-4,13H2/t11-/m1/s1. The summed E-state index contributed by atoms with van der Waals surface area (Å²) in [6.45, 7) is 0.470. The van der Waals surface area contributed by atoms with Crippen molar-refractivity contribution in [3.8, 4) is 0 Å². The highest BCUT2D eigenvalue weighted by Gasteiger charge is 2.09. The molecule has 0 aliphatic carbocycles. The van der Waals surface area contributed by atoms with Crippen LogP contribution in [0.15, 0.2) is 24.3 Å². The molecule has 0 saturated carbocycles. The van der Waals surface area contributed by atoms with E-state index in [0.717, 1.165) is 16.6 Å². The lowest BCUT2D eigenvalue weighted by atomic mass is 10.2. The fourth-order valence-electron chi connectivity index (χ4n) is 1.62. The summed E-state index contributed by atoms with van der Waals surface area (Å²) in [5.41, 5.74) is 7.16. The number of halogens is 1. The molecule has 0 aliphatic rings. The van der Waals surface area contributed by atoms with E-state index in [-0.39, 0.29) is 0 Å². The first kappa shape index (κ1) is 10.5. The highest BCUT2D eigenvalue weighted by molar-refractivity contribution is 6.31. The zero-order chi connectivity index (χ0) is 10.8. The maximum Gasteiger partial charge on any atom is 0.0950 e. The Bertz CT molecular complexity index is 467. The lowest BCUT2D eigenvalue weighted by Crippen LogP contribution is -2.06. The van der Waals surface area contributed by atoms with E-state index in [1.807, 2.05) is 24.3 Å². The maximum atomic E-state index is 9.75. The summed E-state index contributed by atoms with van der Waals surface area (Å²) in [5, 5.41) is 11.5. The van der Waals surface area contributed by atoms with Crippen LogP contribution in [0.25, 0.3) is 10.9 Å². The lowest BCUT2D eigenvalue weighted by Gasteiger charge is -2.05. The molecule has 4 heteroatoms. The van der Waals surface area contributed by atoms with Gasteiger partial charge in [-0.25, -0.2) is 0 Å². The summed E-state index contributed by atoms with van der Waals surface area (Å²) in [5.74, 6) is 0. The molecule has 0 unspecified atom stereocenters. The van der Waals surface area contributed by atoms with Crippen molar-refractivity contribution in [1.29, 1.82) is 0 Å². The van der Waals surface area contributed by atoms with Gasteiger partial charge in [-0.1, -0.05) is 11.6 Å². The monoisotopic (exact) mass is 224 g/mol. The van der Waals surface area contributed by atoms with Gasteiger partial charge in [0.1, 0.15) is 0 Å². The largest absolute Gasteiger partial charge is 0.387 e. The van der Waals surface area contributed by atoms with Crippen LogP contribution in [0.4, 0.5) is 0 Å². The number of aromatic amines is 1. The van der Waals surface area contributed by atoms with Crippen LogP contribution in [-0.2, 0) is 0 Å². The molecule has 3 nitrogen and oxygen atoms in total. The SMILES string of the molecule is NCC[C@@H](O)c1cc2cc(Cl)ccc2[nH]1. The number of H-pyrrole nitrogens is 1. The van der Waals surface area contributed by atoms with E-state index >= 15 is 0 Å². The van der Waals surface area contributed by atoms with Gasteiger partial charge in [0.15, 0.2) is 0 Å². The Hall–Kier alpha value is -1.03. The van der Waals surface area contributed by atoms with Crippen LogP contribution in [0, 0.1) is 0 Å². The van der Waals surface area contributed by atoms with Crippen molar-refractivity contribution in [3.63, 3.8) is 0 Å². The van der Waals surface area contributed by atoms with Gasteiger partial charge in [-0.2, -0.15) is 0 Å². The first-order chi connectivity index (χ1) is 7.20. The van der Waals surface area contributed by atoms with Gasteiger partial charge in [0.05, 0.1) is 6.10 Å². The molecule has 4 N–H and O–H groups in total. The molecule has 0 amide bonds. The Labute approximate surface area is 92.9 Å². The van der Waals surface area contributed by atoms with Gasteiger partial charge in [0, 0.05) is 21.6 Å². The second-order valence-electron chi connectivity index (χ2n) is 3.55. The normalized spacial score (nSPS) is 13.3. The summed E-state index contributed by atoms with van der Waals surface area (Å²) in [4.78, 5) is 3.14. The van der Waals surface area contributed by atoms with Gasteiger partial charge < -0.3 is 15.8 Å². The third kappa shape index (κ3) is 2.15. The summed E-state index contributed by atoms with van der Waals surface area (Å²) in [7, 11) is 0. The minimum absolute atomic E-state index is 0.470. The summed E-state index contributed by atoms with van der Waals surface area (Å²) >= 11 is 5.87. The number of fused-ring (bicyclic) bond motifs is 1. The van der Waals surface area contributed by atoms with Crippen LogP contribution in [0.5, 0.6) is 0 Å². The number of hydrogen-bond donors (Lipinski definition) is 3. The van der Waals surface area contributed by atoms with Gasteiger partial charge in [-0.05, 0) is 37.2 Å². The first-order valence-electron chi connectivity index (χ1n) is 4.87. The minimum Gasteiger partial charge on any atom is -0.387 e. The smallest absolute Gasteiger partial charge is 0.0950 e. The molecule has 80 valence electrons. The average Bonchev–Trinajstić information content (AvgIpc) is 2.60. The molecule has 1 aromatic heterocycles. The van der Waals surface area contributed by atoms with Crippen molar-refractivity contribution in [2.75, 3.05) is 6.54 Å². The molecule has 2 rings (SSSR count). The predicted molar refractivity (Wildman–Crippen MR) is 61.9 cm³/mol. The zero-order valence-corrected chi connectivity index (χ0v) is 8.96. The molecular formula is C11H13ClN2O. The van der Waals surface area contributed by atoms with Crippen LogP contribution in [0.1, 0.15) is 18.2 Å². The Kier molecular flexibility index (Phi) is 2.95. The molecule has 2 aromatic rings. The Balaban J connectivity index is 2.38. The number of aliphatic hydroxyl groups excluding tert-OH is 1. The number of hydrogen-bond acceptors (Lipinski definition) is 2. The third-order valence-corrected chi connectivity index (χ3v) is 2.64. The van der Waals surface area contributed by atoms with Crippen molar-refractivity contribution >= 4 is 22.5 Å². The predicted octanol–water partition coefficient (Wildman–Crippen LogP) is 2.20. The van der Waals surface area contributed by atoms with Crippen LogP contribution in [-0.4, -0.2) is 16.6 Å².